The monoisotopic (exact) mass is 431 g/mol. The van der Waals surface area contributed by atoms with Gasteiger partial charge in [-0.05, 0) is 67.9 Å². The van der Waals surface area contributed by atoms with Gasteiger partial charge < -0.3 is 15.4 Å². The number of piperidine rings is 1. The van der Waals surface area contributed by atoms with E-state index in [-0.39, 0.29) is 11.9 Å². The average Bonchev–Trinajstić information content (AvgIpc) is 2.86. The molecule has 0 radical (unpaired) electrons. The van der Waals surface area contributed by atoms with Gasteiger partial charge in [-0.3, -0.25) is 9.69 Å². The van der Waals surface area contributed by atoms with Crippen LogP contribution in [-0.4, -0.2) is 47.5 Å². The molecule has 1 unspecified atom stereocenters. The third-order valence-corrected chi connectivity index (χ3v) is 5.73. The van der Waals surface area contributed by atoms with Gasteiger partial charge in [0.25, 0.3) is 5.91 Å². The molecule has 3 aromatic rings. The fraction of sp³-hybridized carbons (Fsp3) is 0.320. The quantitative estimate of drug-likeness (QED) is 0.557. The number of benzene rings is 2. The topological polar surface area (TPSA) is 79.4 Å². The van der Waals surface area contributed by atoms with Crippen molar-refractivity contribution in [1.82, 2.24) is 20.2 Å². The molecule has 1 fully saturated rings. The van der Waals surface area contributed by atoms with Crippen LogP contribution in [0.4, 0.5) is 11.6 Å². The van der Waals surface area contributed by atoms with Gasteiger partial charge in [0.1, 0.15) is 5.75 Å². The zero-order chi connectivity index (χ0) is 22.2. The molecular formula is C25H29N5O2. The number of nitrogens with zero attached hydrogens (tertiary/aromatic N) is 3. The van der Waals surface area contributed by atoms with Gasteiger partial charge >= 0.3 is 0 Å². The number of carbonyl (C=O) groups excluding carboxylic acids is 1. The van der Waals surface area contributed by atoms with Crippen molar-refractivity contribution >= 4 is 17.5 Å². The number of nitrogens with one attached hydrogen (secondary N) is 2. The molecule has 0 spiro atoms. The van der Waals surface area contributed by atoms with E-state index in [4.69, 9.17) is 4.74 Å². The molecule has 2 aromatic carbocycles. The van der Waals surface area contributed by atoms with Gasteiger partial charge in [0, 0.05) is 30.2 Å². The van der Waals surface area contributed by atoms with E-state index in [0.29, 0.717) is 18.1 Å². The Hall–Kier alpha value is -3.45. The number of aromatic nitrogens is 2. The molecule has 7 nitrogen and oxygen atoms in total. The lowest BCUT2D eigenvalue weighted by Crippen LogP contribution is -2.40. The third-order valence-electron chi connectivity index (χ3n) is 5.73. The zero-order valence-electron chi connectivity index (χ0n) is 18.3. The highest BCUT2D eigenvalue weighted by molar-refractivity contribution is 5.95. The van der Waals surface area contributed by atoms with Crippen LogP contribution in [0.15, 0.2) is 67.0 Å². The van der Waals surface area contributed by atoms with E-state index in [2.05, 4.69) is 37.6 Å². The third kappa shape index (κ3) is 5.62. The molecule has 2 heterocycles. The first-order valence-electron chi connectivity index (χ1n) is 11.0. The van der Waals surface area contributed by atoms with Gasteiger partial charge in [0.15, 0.2) is 0 Å². The molecule has 0 aliphatic carbocycles. The Morgan fingerprint density at radius 3 is 2.50 bits per heavy atom. The lowest BCUT2D eigenvalue weighted by Gasteiger charge is -2.35. The largest absolute Gasteiger partial charge is 0.497 e. The standard InChI is InChI=1S/C25H29N5O2/c1-32-22-11-9-19(10-12-22)23(30-15-3-2-4-16-30)18-28-24(31)20-7-5-8-21(17-20)29-25-26-13-6-14-27-25/h5-14,17,23H,2-4,15-16,18H2,1H3,(H,28,31)(H,26,27,29). The van der Waals surface area contributed by atoms with Crippen LogP contribution in [0.2, 0.25) is 0 Å². The minimum atomic E-state index is -0.0989. The Kier molecular flexibility index (Phi) is 7.30. The molecule has 1 amide bonds. The zero-order valence-corrected chi connectivity index (χ0v) is 18.3. The van der Waals surface area contributed by atoms with Crippen LogP contribution in [0, 0.1) is 0 Å². The number of hydrogen-bond acceptors (Lipinski definition) is 6. The highest BCUT2D eigenvalue weighted by Crippen LogP contribution is 2.26. The van der Waals surface area contributed by atoms with Crippen molar-refractivity contribution in [2.24, 2.45) is 0 Å². The van der Waals surface area contributed by atoms with Crippen molar-refractivity contribution in [1.29, 1.82) is 0 Å². The Bertz CT molecular complexity index is 1000. The van der Waals surface area contributed by atoms with Crippen molar-refractivity contribution in [3.05, 3.63) is 78.1 Å². The smallest absolute Gasteiger partial charge is 0.251 e. The number of methoxy groups -OCH3 is 1. The summed E-state index contributed by atoms with van der Waals surface area (Å²) in [6.07, 6.45) is 6.99. The van der Waals surface area contributed by atoms with Gasteiger partial charge in [-0.15, -0.1) is 0 Å². The van der Waals surface area contributed by atoms with Crippen LogP contribution in [0.25, 0.3) is 0 Å². The van der Waals surface area contributed by atoms with Gasteiger partial charge in [-0.2, -0.15) is 0 Å². The van der Waals surface area contributed by atoms with E-state index in [9.17, 15) is 4.79 Å². The summed E-state index contributed by atoms with van der Waals surface area (Å²) in [4.78, 5) is 23.8. The number of anilines is 2. The Balaban J connectivity index is 1.45. The molecule has 1 atom stereocenters. The first-order valence-corrected chi connectivity index (χ1v) is 11.0. The molecule has 166 valence electrons. The molecule has 1 saturated heterocycles. The SMILES string of the molecule is COc1ccc(C(CNC(=O)c2cccc(Nc3ncccn3)c2)N2CCCCC2)cc1. The van der Waals surface area contributed by atoms with Crippen molar-refractivity contribution in [2.75, 3.05) is 32.1 Å². The summed E-state index contributed by atoms with van der Waals surface area (Å²) in [7, 11) is 1.67. The number of likely N-dealkylation sites (tertiary alicyclic amines) is 1. The Labute approximate surface area is 188 Å². The van der Waals surface area contributed by atoms with Crippen LogP contribution in [0.5, 0.6) is 5.75 Å². The van der Waals surface area contributed by atoms with Crippen LogP contribution >= 0.6 is 0 Å². The predicted molar refractivity (Wildman–Crippen MR) is 125 cm³/mol. The second-order valence-corrected chi connectivity index (χ2v) is 7.87. The minimum Gasteiger partial charge on any atom is -0.497 e. The second-order valence-electron chi connectivity index (χ2n) is 7.87. The summed E-state index contributed by atoms with van der Waals surface area (Å²) in [5.41, 5.74) is 2.55. The average molecular weight is 432 g/mol. The van der Waals surface area contributed by atoms with Gasteiger partial charge in [-0.1, -0.05) is 24.6 Å². The van der Waals surface area contributed by atoms with E-state index in [1.807, 2.05) is 36.4 Å². The van der Waals surface area contributed by atoms with Crippen molar-refractivity contribution < 1.29 is 9.53 Å². The maximum absolute atomic E-state index is 13.0. The maximum Gasteiger partial charge on any atom is 0.251 e. The molecule has 0 bridgehead atoms. The summed E-state index contributed by atoms with van der Waals surface area (Å²) in [6, 6.07) is 17.4. The van der Waals surface area contributed by atoms with Gasteiger partial charge in [-0.25, -0.2) is 9.97 Å². The highest BCUT2D eigenvalue weighted by Gasteiger charge is 2.23. The second kappa shape index (κ2) is 10.7. The van der Waals surface area contributed by atoms with Crippen molar-refractivity contribution in [3.63, 3.8) is 0 Å². The van der Waals surface area contributed by atoms with E-state index in [1.165, 1.54) is 24.8 Å². The number of carbonyl (C=O) groups is 1. The Morgan fingerprint density at radius 2 is 1.78 bits per heavy atom. The summed E-state index contributed by atoms with van der Waals surface area (Å²) >= 11 is 0. The molecule has 1 aliphatic heterocycles. The molecular weight excluding hydrogens is 402 g/mol. The first-order chi connectivity index (χ1) is 15.7. The summed E-state index contributed by atoms with van der Waals surface area (Å²) in [5.74, 6) is 1.23. The fourth-order valence-corrected chi connectivity index (χ4v) is 4.04. The molecule has 1 aromatic heterocycles. The lowest BCUT2D eigenvalue weighted by atomic mass is 10.0. The molecule has 1 aliphatic rings. The van der Waals surface area contributed by atoms with Crippen LogP contribution < -0.4 is 15.4 Å². The minimum absolute atomic E-state index is 0.0989. The Morgan fingerprint density at radius 1 is 1.03 bits per heavy atom. The molecule has 4 rings (SSSR count). The van der Waals surface area contributed by atoms with Crippen LogP contribution in [0.3, 0.4) is 0 Å². The van der Waals surface area contributed by atoms with Gasteiger partial charge in [0.05, 0.1) is 13.2 Å². The van der Waals surface area contributed by atoms with Crippen molar-refractivity contribution in [3.8, 4) is 5.75 Å². The van der Waals surface area contributed by atoms with Crippen LogP contribution in [0.1, 0.15) is 41.2 Å². The summed E-state index contributed by atoms with van der Waals surface area (Å²) in [5, 5.41) is 6.27. The van der Waals surface area contributed by atoms with Crippen LogP contribution in [-0.2, 0) is 0 Å². The maximum atomic E-state index is 13.0. The number of hydrogen-bond donors (Lipinski definition) is 2. The first kappa shape index (κ1) is 21.8. The van der Waals surface area contributed by atoms with E-state index < -0.39 is 0 Å². The van der Waals surface area contributed by atoms with E-state index in [1.54, 1.807) is 25.6 Å². The highest BCUT2D eigenvalue weighted by atomic mass is 16.5. The lowest BCUT2D eigenvalue weighted by molar-refractivity contribution is 0.0924. The van der Waals surface area contributed by atoms with Crippen molar-refractivity contribution in [2.45, 2.75) is 25.3 Å². The fourth-order valence-electron chi connectivity index (χ4n) is 4.04. The predicted octanol–water partition coefficient (Wildman–Crippen LogP) is 4.19. The molecule has 2 N–H and O–H groups in total. The molecule has 32 heavy (non-hydrogen) atoms. The summed E-state index contributed by atoms with van der Waals surface area (Å²) < 4.78 is 5.31. The van der Waals surface area contributed by atoms with E-state index in [0.717, 1.165) is 24.5 Å². The summed E-state index contributed by atoms with van der Waals surface area (Å²) in [6.45, 7) is 2.64. The normalized spacial score (nSPS) is 15.0. The molecule has 7 heteroatoms. The van der Waals surface area contributed by atoms with Gasteiger partial charge in [0.2, 0.25) is 5.95 Å². The van der Waals surface area contributed by atoms with E-state index >= 15 is 0 Å². The number of amides is 1. The molecule has 0 saturated carbocycles. The number of rotatable bonds is 8. The number of ether oxygens (including phenoxy) is 1.